The zero-order valence-electron chi connectivity index (χ0n) is 11.1. The summed E-state index contributed by atoms with van der Waals surface area (Å²) in [6, 6.07) is 12.1. The fourth-order valence-electron chi connectivity index (χ4n) is 2.45. The van der Waals surface area contributed by atoms with Gasteiger partial charge >= 0.3 is 0 Å². The quantitative estimate of drug-likeness (QED) is 0.843. The lowest BCUT2D eigenvalue weighted by molar-refractivity contribution is 0.357. The first kappa shape index (κ1) is 11.9. The highest BCUT2D eigenvalue weighted by Crippen LogP contribution is 2.41. The summed E-state index contributed by atoms with van der Waals surface area (Å²) >= 11 is 0. The van der Waals surface area contributed by atoms with Crippen LogP contribution in [0.5, 0.6) is 17.2 Å². The van der Waals surface area contributed by atoms with E-state index in [4.69, 9.17) is 14.2 Å². The molecule has 2 aromatic carbocycles. The summed E-state index contributed by atoms with van der Waals surface area (Å²) in [5, 5.41) is 0. The second-order valence-corrected chi connectivity index (χ2v) is 4.46. The van der Waals surface area contributed by atoms with Crippen LogP contribution in [-0.4, -0.2) is 20.8 Å². The van der Waals surface area contributed by atoms with Crippen LogP contribution in [0.3, 0.4) is 0 Å². The van der Waals surface area contributed by atoms with E-state index in [2.05, 4.69) is 18.2 Å². The molecule has 0 amide bonds. The van der Waals surface area contributed by atoms with E-state index in [1.165, 1.54) is 5.56 Å². The highest BCUT2D eigenvalue weighted by Gasteiger charge is 2.19. The molecule has 3 heteroatoms. The third kappa shape index (κ3) is 2.01. The van der Waals surface area contributed by atoms with E-state index >= 15 is 0 Å². The second kappa shape index (κ2) is 4.84. The molecule has 0 N–H and O–H groups in total. The number of ether oxygens (including phenoxy) is 3. The van der Waals surface area contributed by atoms with Crippen LogP contribution in [-0.2, 0) is 6.42 Å². The molecule has 3 rings (SSSR count). The Morgan fingerprint density at radius 1 is 1.00 bits per heavy atom. The molecule has 19 heavy (non-hydrogen) atoms. The average molecular weight is 256 g/mol. The molecule has 1 heterocycles. The predicted molar refractivity (Wildman–Crippen MR) is 74.2 cm³/mol. The zero-order valence-corrected chi connectivity index (χ0v) is 11.1. The lowest BCUT2D eigenvalue weighted by Crippen LogP contribution is -1.93. The molecular formula is C16H16O3. The molecule has 98 valence electrons. The maximum absolute atomic E-state index is 5.75. The summed E-state index contributed by atoms with van der Waals surface area (Å²) < 4.78 is 16.4. The summed E-state index contributed by atoms with van der Waals surface area (Å²) in [6.45, 7) is 0.755. The van der Waals surface area contributed by atoms with Gasteiger partial charge in [-0.2, -0.15) is 0 Å². The number of hydrogen-bond acceptors (Lipinski definition) is 3. The second-order valence-electron chi connectivity index (χ2n) is 4.46. The third-order valence-electron chi connectivity index (χ3n) is 3.41. The molecule has 0 bridgehead atoms. The summed E-state index contributed by atoms with van der Waals surface area (Å²) in [5.41, 5.74) is 3.37. The van der Waals surface area contributed by atoms with Gasteiger partial charge in [0, 0.05) is 23.6 Å². The van der Waals surface area contributed by atoms with Crippen molar-refractivity contribution in [1.82, 2.24) is 0 Å². The van der Waals surface area contributed by atoms with Crippen molar-refractivity contribution in [2.75, 3.05) is 20.8 Å². The number of benzene rings is 2. The van der Waals surface area contributed by atoms with Crippen molar-refractivity contribution >= 4 is 0 Å². The van der Waals surface area contributed by atoms with Crippen molar-refractivity contribution < 1.29 is 14.2 Å². The Hall–Kier alpha value is -2.16. The Morgan fingerprint density at radius 2 is 1.89 bits per heavy atom. The minimum absolute atomic E-state index is 0.755. The molecular weight excluding hydrogens is 240 g/mol. The number of methoxy groups -OCH3 is 2. The first-order valence-electron chi connectivity index (χ1n) is 6.30. The molecule has 1 aliphatic rings. The highest BCUT2D eigenvalue weighted by molar-refractivity contribution is 5.78. The molecule has 0 saturated heterocycles. The monoisotopic (exact) mass is 256 g/mol. The zero-order chi connectivity index (χ0) is 13.2. The van der Waals surface area contributed by atoms with Crippen molar-refractivity contribution in [1.29, 1.82) is 0 Å². The van der Waals surface area contributed by atoms with Gasteiger partial charge < -0.3 is 14.2 Å². The van der Waals surface area contributed by atoms with E-state index in [-0.39, 0.29) is 0 Å². The van der Waals surface area contributed by atoms with E-state index in [1.54, 1.807) is 14.2 Å². The first-order valence-corrected chi connectivity index (χ1v) is 6.30. The summed E-state index contributed by atoms with van der Waals surface area (Å²) in [7, 11) is 3.32. The average Bonchev–Trinajstić information content (AvgIpc) is 2.95. The Morgan fingerprint density at radius 3 is 2.68 bits per heavy atom. The van der Waals surface area contributed by atoms with Crippen LogP contribution in [0.15, 0.2) is 36.4 Å². The van der Waals surface area contributed by atoms with Crippen molar-refractivity contribution in [3.8, 4) is 28.4 Å². The van der Waals surface area contributed by atoms with Gasteiger partial charge in [0.1, 0.15) is 17.2 Å². The van der Waals surface area contributed by atoms with E-state index in [0.717, 1.165) is 41.4 Å². The molecule has 0 unspecified atom stereocenters. The van der Waals surface area contributed by atoms with Crippen molar-refractivity contribution in [2.24, 2.45) is 0 Å². The molecule has 2 aromatic rings. The van der Waals surface area contributed by atoms with E-state index in [0.29, 0.717) is 0 Å². The molecule has 1 aliphatic heterocycles. The van der Waals surface area contributed by atoms with Crippen LogP contribution in [0.25, 0.3) is 11.1 Å². The van der Waals surface area contributed by atoms with Crippen molar-refractivity contribution in [2.45, 2.75) is 6.42 Å². The molecule has 0 aliphatic carbocycles. The standard InChI is InChI=1S/C16H16O3/c1-17-12-6-7-13(15(10-12)18-2)14-5-3-4-11-8-9-19-16(11)14/h3-7,10H,8-9H2,1-2H3. The smallest absolute Gasteiger partial charge is 0.130 e. The van der Waals surface area contributed by atoms with Gasteiger partial charge in [0.05, 0.1) is 20.8 Å². The summed E-state index contributed by atoms with van der Waals surface area (Å²) in [5.74, 6) is 2.56. The maximum atomic E-state index is 5.75. The van der Waals surface area contributed by atoms with Gasteiger partial charge in [-0.25, -0.2) is 0 Å². The topological polar surface area (TPSA) is 27.7 Å². The van der Waals surface area contributed by atoms with Crippen molar-refractivity contribution in [3.63, 3.8) is 0 Å². The lowest BCUT2D eigenvalue weighted by Gasteiger charge is -2.13. The van der Waals surface area contributed by atoms with Gasteiger partial charge in [0.25, 0.3) is 0 Å². The van der Waals surface area contributed by atoms with Gasteiger partial charge in [0.2, 0.25) is 0 Å². The maximum Gasteiger partial charge on any atom is 0.130 e. The van der Waals surface area contributed by atoms with Crippen LogP contribution in [0.2, 0.25) is 0 Å². The largest absolute Gasteiger partial charge is 0.497 e. The van der Waals surface area contributed by atoms with Crippen LogP contribution in [0.1, 0.15) is 5.56 Å². The Bertz CT molecular complexity index is 605. The van der Waals surface area contributed by atoms with Crippen LogP contribution in [0.4, 0.5) is 0 Å². The molecule has 0 saturated carbocycles. The van der Waals surface area contributed by atoms with Gasteiger partial charge in [-0.05, 0) is 17.7 Å². The fraction of sp³-hybridized carbons (Fsp3) is 0.250. The summed E-state index contributed by atoms with van der Waals surface area (Å²) in [6.07, 6.45) is 0.974. The molecule has 0 fully saturated rings. The minimum Gasteiger partial charge on any atom is -0.497 e. The van der Waals surface area contributed by atoms with E-state index < -0.39 is 0 Å². The molecule has 3 nitrogen and oxygen atoms in total. The minimum atomic E-state index is 0.755. The third-order valence-corrected chi connectivity index (χ3v) is 3.41. The molecule has 0 atom stereocenters. The predicted octanol–water partition coefficient (Wildman–Crippen LogP) is 3.31. The summed E-state index contributed by atoms with van der Waals surface area (Å²) in [4.78, 5) is 0. The Kier molecular flexibility index (Phi) is 3.03. The van der Waals surface area contributed by atoms with Crippen LogP contribution in [0, 0.1) is 0 Å². The fourth-order valence-corrected chi connectivity index (χ4v) is 2.45. The van der Waals surface area contributed by atoms with E-state index in [9.17, 15) is 0 Å². The SMILES string of the molecule is COc1ccc(-c2cccc3c2OCC3)c(OC)c1. The van der Waals surface area contributed by atoms with Gasteiger partial charge in [0.15, 0.2) is 0 Å². The first-order chi connectivity index (χ1) is 9.33. The molecule has 0 aromatic heterocycles. The number of para-hydroxylation sites is 1. The number of rotatable bonds is 3. The van der Waals surface area contributed by atoms with Gasteiger partial charge in [-0.1, -0.05) is 18.2 Å². The molecule has 0 radical (unpaired) electrons. The van der Waals surface area contributed by atoms with Crippen molar-refractivity contribution in [3.05, 3.63) is 42.0 Å². The Balaban J connectivity index is 2.14. The Labute approximate surface area is 112 Å². The number of fused-ring (bicyclic) bond motifs is 1. The normalized spacial score (nSPS) is 12.7. The lowest BCUT2D eigenvalue weighted by atomic mass is 10.0. The van der Waals surface area contributed by atoms with Gasteiger partial charge in [-0.15, -0.1) is 0 Å². The van der Waals surface area contributed by atoms with Crippen LogP contribution >= 0.6 is 0 Å². The highest BCUT2D eigenvalue weighted by atomic mass is 16.5. The number of hydrogen-bond donors (Lipinski definition) is 0. The van der Waals surface area contributed by atoms with E-state index in [1.807, 2.05) is 18.2 Å². The van der Waals surface area contributed by atoms with Gasteiger partial charge in [-0.3, -0.25) is 0 Å². The van der Waals surface area contributed by atoms with Crippen LogP contribution < -0.4 is 14.2 Å². The molecule has 0 spiro atoms.